The fraction of sp³-hybridized carbons (Fsp3) is 0.700. The normalized spacial score (nSPS) is 22.7. The van der Waals surface area contributed by atoms with E-state index in [9.17, 15) is 0 Å². The Hall–Kier alpha value is -0.0900. The maximum Gasteiger partial charge on any atom is 0.185 e. The van der Waals surface area contributed by atoms with Crippen LogP contribution in [0.5, 0.6) is 0 Å². The maximum absolute atomic E-state index is 4.46. The monoisotopic (exact) mass is 274 g/mol. The molecule has 1 aromatic rings. The largest absolute Gasteiger partial charge is 0.348 e. The number of nitrogens with zero attached hydrogens (tertiary/aromatic N) is 2. The van der Waals surface area contributed by atoms with Gasteiger partial charge >= 0.3 is 0 Å². The third-order valence-corrected chi connectivity index (χ3v) is 4.63. The standard InChI is InChI=1S/C10H15BrN2S/c1-8-3-2-4-13(7-8)10-12-6-9(5-11)14-10/h6,8H,2-5,7H2,1H3. The summed E-state index contributed by atoms with van der Waals surface area (Å²) in [6.45, 7) is 4.68. The molecule has 0 bridgehead atoms. The molecule has 1 atom stereocenters. The number of alkyl halides is 1. The second-order valence-corrected chi connectivity index (χ2v) is 5.59. The van der Waals surface area contributed by atoms with Crippen molar-refractivity contribution in [3.63, 3.8) is 0 Å². The van der Waals surface area contributed by atoms with E-state index in [0.717, 1.165) is 11.2 Å². The van der Waals surface area contributed by atoms with Gasteiger partial charge in [0.2, 0.25) is 0 Å². The number of rotatable bonds is 2. The number of halogens is 1. The van der Waals surface area contributed by atoms with Crippen LogP contribution in [0.4, 0.5) is 5.13 Å². The molecule has 14 heavy (non-hydrogen) atoms. The fourth-order valence-corrected chi connectivity index (χ4v) is 3.15. The summed E-state index contributed by atoms with van der Waals surface area (Å²) in [7, 11) is 0. The molecule has 0 spiro atoms. The van der Waals surface area contributed by atoms with Crippen LogP contribution in [0.25, 0.3) is 0 Å². The van der Waals surface area contributed by atoms with Gasteiger partial charge in [-0.05, 0) is 18.8 Å². The molecular formula is C10H15BrN2S. The average Bonchev–Trinajstić information content (AvgIpc) is 2.66. The molecule has 0 N–H and O–H groups in total. The Labute approximate surface area is 97.5 Å². The molecule has 1 aromatic heterocycles. The molecule has 0 aromatic carbocycles. The van der Waals surface area contributed by atoms with Crippen LogP contribution >= 0.6 is 27.3 Å². The summed E-state index contributed by atoms with van der Waals surface area (Å²) in [5.41, 5.74) is 0. The third kappa shape index (κ3) is 2.28. The lowest BCUT2D eigenvalue weighted by atomic mass is 10.0. The number of hydrogen-bond donors (Lipinski definition) is 0. The SMILES string of the molecule is CC1CCCN(c2ncc(CBr)s2)C1. The molecule has 0 amide bonds. The molecule has 2 heterocycles. The first-order valence-electron chi connectivity index (χ1n) is 5.05. The number of hydrogen-bond acceptors (Lipinski definition) is 3. The van der Waals surface area contributed by atoms with Crippen LogP contribution in [0.3, 0.4) is 0 Å². The Morgan fingerprint density at radius 2 is 2.57 bits per heavy atom. The molecule has 1 unspecified atom stereocenters. The van der Waals surface area contributed by atoms with Gasteiger partial charge in [-0.15, -0.1) is 11.3 Å². The zero-order valence-corrected chi connectivity index (χ0v) is 10.8. The first-order chi connectivity index (χ1) is 6.79. The topological polar surface area (TPSA) is 16.1 Å². The molecule has 2 rings (SSSR count). The maximum atomic E-state index is 4.46. The summed E-state index contributed by atoms with van der Waals surface area (Å²) in [6.07, 6.45) is 4.66. The van der Waals surface area contributed by atoms with E-state index in [1.165, 1.54) is 35.9 Å². The molecule has 0 saturated carbocycles. The third-order valence-electron chi connectivity index (χ3n) is 2.60. The number of aromatic nitrogens is 1. The van der Waals surface area contributed by atoms with Gasteiger partial charge < -0.3 is 4.90 Å². The predicted molar refractivity (Wildman–Crippen MR) is 65.4 cm³/mol. The predicted octanol–water partition coefficient (Wildman–Crippen LogP) is 3.27. The summed E-state index contributed by atoms with van der Waals surface area (Å²) in [6, 6.07) is 0. The summed E-state index contributed by atoms with van der Waals surface area (Å²) < 4.78 is 0. The Kier molecular flexibility index (Phi) is 3.44. The van der Waals surface area contributed by atoms with Crippen LogP contribution in [-0.4, -0.2) is 18.1 Å². The van der Waals surface area contributed by atoms with E-state index in [1.807, 2.05) is 17.5 Å². The molecule has 1 aliphatic rings. The van der Waals surface area contributed by atoms with Crippen molar-refractivity contribution in [2.75, 3.05) is 18.0 Å². The molecule has 0 radical (unpaired) electrons. The van der Waals surface area contributed by atoms with E-state index in [-0.39, 0.29) is 0 Å². The minimum atomic E-state index is 0.820. The van der Waals surface area contributed by atoms with Crippen LogP contribution in [0.1, 0.15) is 24.6 Å². The van der Waals surface area contributed by atoms with Gasteiger partial charge in [-0.25, -0.2) is 4.98 Å². The van der Waals surface area contributed by atoms with Crippen molar-refractivity contribution in [1.82, 2.24) is 4.98 Å². The molecule has 2 nitrogen and oxygen atoms in total. The number of anilines is 1. The van der Waals surface area contributed by atoms with Crippen LogP contribution < -0.4 is 4.90 Å². The van der Waals surface area contributed by atoms with Crippen LogP contribution in [0, 0.1) is 5.92 Å². The Morgan fingerprint density at radius 3 is 3.21 bits per heavy atom. The van der Waals surface area contributed by atoms with Gasteiger partial charge in [0.05, 0.1) is 0 Å². The molecular weight excluding hydrogens is 260 g/mol. The summed E-state index contributed by atoms with van der Waals surface area (Å²) >= 11 is 5.27. The highest BCUT2D eigenvalue weighted by Crippen LogP contribution is 2.27. The van der Waals surface area contributed by atoms with Gasteiger partial charge in [0.1, 0.15) is 0 Å². The van der Waals surface area contributed by atoms with Gasteiger partial charge in [-0.3, -0.25) is 0 Å². The number of piperidine rings is 1. The highest BCUT2D eigenvalue weighted by molar-refractivity contribution is 9.08. The van der Waals surface area contributed by atoms with E-state index in [4.69, 9.17) is 0 Å². The van der Waals surface area contributed by atoms with Crippen molar-refractivity contribution >= 4 is 32.4 Å². The Morgan fingerprint density at radius 1 is 1.71 bits per heavy atom. The zero-order valence-electron chi connectivity index (χ0n) is 8.37. The average molecular weight is 275 g/mol. The van der Waals surface area contributed by atoms with Crippen molar-refractivity contribution in [1.29, 1.82) is 0 Å². The first kappa shape index (κ1) is 10.4. The number of thiazole rings is 1. The van der Waals surface area contributed by atoms with E-state index in [1.54, 1.807) is 0 Å². The fourth-order valence-electron chi connectivity index (χ4n) is 1.87. The molecule has 78 valence electrons. The quantitative estimate of drug-likeness (QED) is 0.770. The first-order valence-corrected chi connectivity index (χ1v) is 6.99. The highest BCUT2D eigenvalue weighted by Gasteiger charge is 2.18. The minimum Gasteiger partial charge on any atom is -0.348 e. The van der Waals surface area contributed by atoms with E-state index in [0.29, 0.717) is 0 Å². The van der Waals surface area contributed by atoms with Crippen LogP contribution in [0.15, 0.2) is 6.20 Å². The van der Waals surface area contributed by atoms with Crippen LogP contribution in [-0.2, 0) is 5.33 Å². The Balaban J connectivity index is 2.06. The molecule has 0 aliphatic carbocycles. The lowest BCUT2D eigenvalue weighted by Crippen LogP contribution is -2.34. The van der Waals surface area contributed by atoms with Gasteiger partial charge in [0, 0.05) is 29.5 Å². The van der Waals surface area contributed by atoms with Crippen molar-refractivity contribution < 1.29 is 0 Å². The van der Waals surface area contributed by atoms with E-state index in [2.05, 4.69) is 32.7 Å². The van der Waals surface area contributed by atoms with Crippen molar-refractivity contribution in [2.24, 2.45) is 5.92 Å². The van der Waals surface area contributed by atoms with Crippen molar-refractivity contribution in [2.45, 2.75) is 25.1 Å². The van der Waals surface area contributed by atoms with Gasteiger partial charge in [-0.1, -0.05) is 22.9 Å². The van der Waals surface area contributed by atoms with Crippen molar-refractivity contribution in [3.05, 3.63) is 11.1 Å². The summed E-state index contributed by atoms with van der Waals surface area (Å²) in [4.78, 5) is 8.20. The summed E-state index contributed by atoms with van der Waals surface area (Å²) in [5, 5.41) is 2.12. The highest BCUT2D eigenvalue weighted by atomic mass is 79.9. The van der Waals surface area contributed by atoms with Crippen molar-refractivity contribution in [3.8, 4) is 0 Å². The van der Waals surface area contributed by atoms with Gasteiger partial charge in [0.15, 0.2) is 5.13 Å². The second kappa shape index (κ2) is 4.62. The van der Waals surface area contributed by atoms with Crippen LogP contribution in [0.2, 0.25) is 0 Å². The smallest absolute Gasteiger partial charge is 0.185 e. The lowest BCUT2D eigenvalue weighted by Gasteiger charge is -2.30. The Bertz CT molecular complexity index is 300. The summed E-state index contributed by atoms with van der Waals surface area (Å²) in [5.74, 6) is 0.820. The zero-order chi connectivity index (χ0) is 9.97. The van der Waals surface area contributed by atoms with E-state index >= 15 is 0 Å². The lowest BCUT2D eigenvalue weighted by molar-refractivity contribution is 0.446. The van der Waals surface area contributed by atoms with Gasteiger partial charge in [0.25, 0.3) is 0 Å². The van der Waals surface area contributed by atoms with Gasteiger partial charge in [-0.2, -0.15) is 0 Å². The second-order valence-electron chi connectivity index (χ2n) is 3.94. The van der Waals surface area contributed by atoms with E-state index < -0.39 is 0 Å². The molecule has 4 heteroatoms. The minimum absolute atomic E-state index is 0.820. The molecule has 1 saturated heterocycles. The molecule has 1 aliphatic heterocycles. The molecule has 1 fully saturated rings.